The summed E-state index contributed by atoms with van der Waals surface area (Å²) in [7, 11) is 0. The minimum atomic E-state index is 0.0548. The first-order valence-electron chi connectivity index (χ1n) is 6.31. The number of amides is 1. The molecule has 0 bridgehead atoms. The van der Waals surface area contributed by atoms with E-state index in [-0.39, 0.29) is 23.7 Å². The van der Waals surface area contributed by atoms with E-state index in [4.69, 9.17) is 5.11 Å². The first kappa shape index (κ1) is 13.4. The van der Waals surface area contributed by atoms with Crippen LogP contribution in [0, 0.1) is 5.92 Å². The van der Waals surface area contributed by atoms with E-state index >= 15 is 0 Å². The van der Waals surface area contributed by atoms with Gasteiger partial charge < -0.3 is 10.0 Å². The number of nitrogens with zero attached hydrogens (tertiary/aromatic N) is 1. The molecule has 1 aliphatic heterocycles. The minimum absolute atomic E-state index is 0.0548. The minimum Gasteiger partial charge on any atom is -0.396 e. The van der Waals surface area contributed by atoms with Crippen LogP contribution in [0.25, 0.3) is 0 Å². The summed E-state index contributed by atoms with van der Waals surface area (Å²) in [5, 5.41) is 9.05. The highest BCUT2D eigenvalue weighted by Gasteiger charge is 2.32. The summed E-state index contributed by atoms with van der Waals surface area (Å²) in [6, 6.07) is 9.82. The van der Waals surface area contributed by atoms with Gasteiger partial charge in [-0.1, -0.05) is 25.1 Å². The molecule has 2 rings (SSSR count). The third kappa shape index (κ3) is 3.06. The van der Waals surface area contributed by atoms with Gasteiger partial charge in [-0.05, 0) is 30.2 Å². The molecular formula is C14H19NO2S. The van der Waals surface area contributed by atoms with Crippen LogP contribution in [0.15, 0.2) is 30.3 Å². The Balaban J connectivity index is 1.93. The lowest BCUT2D eigenvalue weighted by molar-refractivity contribution is -0.116. The van der Waals surface area contributed by atoms with Crippen LogP contribution >= 0.6 is 11.8 Å². The van der Waals surface area contributed by atoms with Gasteiger partial charge in [0.05, 0.1) is 5.25 Å². The SMILES string of the molecule is CC(CO)CSC1CCN(c2ccccc2)C1=O. The molecule has 1 N–H and O–H groups in total. The van der Waals surface area contributed by atoms with Crippen LogP contribution < -0.4 is 4.90 Å². The Bertz CT molecular complexity index is 396. The summed E-state index contributed by atoms with van der Waals surface area (Å²) < 4.78 is 0. The molecule has 18 heavy (non-hydrogen) atoms. The zero-order valence-corrected chi connectivity index (χ0v) is 11.4. The Kier molecular flexibility index (Phi) is 4.66. The lowest BCUT2D eigenvalue weighted by Gasteiger charge is -2.17. The smallest absolute Gasteiger partial charge is 0.240 e. The normalized spacial score (nSPS) is 21.3. The number of thioether (sulfide) groups is 1. The van der Waals surface area contributed by atoms with E-state index in [1.165, 1.54) is 0 Å². The van der Waals surface area contributed by atoms with E-state index in [9.17, 15) is 4.79 Å². The van der Waals surface area contributed by atoms with Crippen LogP contribution in [-0.4, -0.2) is 35.2 Å². The van der Waals surface area contributed by atoms with Crippen LogP contribution in [0.3, 0.4) is 0 Å². The Morgan fingerprint density at radius 1 is 1.44 bits per heavy atom. The van der Waals surface area contributed by atoms with Crippen LogP contribution in [0.4, 0.5) is 5.69 Å². The van der Waals surface area contributed by atoms with Crippen molar-refractivity contribution in [1.29, 1.82) is 0 Å². The van der Waals surface area contributed by atoms with Crippen molar-refractivity contribution in [2.75, 3.05) is 23.8 Å². The molecule has 0 aliphatic carbocycles. The van der Waals surface area contributed by atoms with Crippen LogP contribution in [0.2, 0.25) is 0 Å². The molecule has 1 aliphatic rings. The number of benzene rings is 1. The van der Waals surface area contributed by atoms with Crippen molar-refractivity contribution in [3.63, 3.8) is 0 Å². The fourth-order valence-corrected chi connectivity index (χ4v) is 3.21. The van der Waals surface area contributed by atoms with E-state index in [0.717, 1.165) is 24.4 Å². The molecule has 0 spiro atoms. The van der Waals surface area contributed by atoms with Gasteiger partial charge in [-0.15, -0.1) is 11.8 Å². The van der Waals surface area contributed by atoms with Crippen molar-refractivity contribution in [3.8, 4) is 0 Å². The molecule has 1 saturated heterocycles. The second-order valence-corrected chi connectivity index (χ2v) is 5.96. The van der Waals surface area contributed by atoms with Crippen molar-refractivity contribution >= 4 is 23.4 Å². The molecule has 4 heteroatoms. The number of aliphatic hydroxyl groups excluding tert-OH is 1. The second-order valence-electron chi connectivity index (χ2n) is 4.72. The first-order chi connectivity index (χ1) is 8.72. The van der Waals surface area contributed by atoms with E-state index < -0.39 is 0 Å². The summed E-state index contributed by atoms with van der Waals surface area (Å²) in [6.45, 7) is 2.99. The Morgan fingerprint density at radius 2 is 2.17 bits per heavy atom. The number of para-hydroxylation sites is 1. The number of rotatable bonds is 5. The number of carbonyl (C=O) groups excluding carboxylic acids is 1. The van der Waals surface area contributed by atoms with Gasteiger partial charge in [0.25, 0.3) is 0 Å². The van der Waals surface area contributed by atoms with Gasteiger partial charge >= 0.3 is 0 Å². The number of anilines is 1. The van der Waals surface area contributed by atoms with Gasteiger partial charge in [-0.2, -0.15) is 0 Å². The zero-order chi connectivity index (χ0) is 13.0. The molecule has 0 radical (unpaired) electrons. The fraction of sp³-hybridized carbons (Fsp3) is 0.500. The highest BCUT2D eigenvalue weighted by molar-refractivity contribution is 8.00. The molecule has 1 aromatic carbocycles. The molecule has 1 fully saturated rings. The second kappa shape index (κ2) is 6.25. The largest absolute Gasteiger partial charge is 0.396 e. The number of hydrogen-bond acceptors (Lipinski definition) is 3. The number of carbonyl (C=O) groups is 1. The van der Waals surface area contributed by atoms with Crippen molar-refractivity contribution in [2.24, 2.45) is 5.92 Å². The molecule has 1 aromatic rings. The maximum atomic E-state index is 12.2. The average molecular weight is 265 g/mol. The Hall–Kier alpha value is -1.00. The summed E-state index contributed by atoms with van der Waals surface area (Å²) in [5.41, 5.74) is 0.987. The third-order valence-electron chi connectivity index (χ3n) is 3.12. The van der Waals surface area contributed by atoms with Crippen molar-refractivity contribution in [3.05, 3.63) is 30.3 Å². The number of aliphatic hydroxyl groups is 1. The summed E-state index contributed by atoms with van der Waals surface area (Å²) >= 11 is 1.67. The molecule has 3 nitrogen and oxygen atoms in total. The molecular weight excluding hydrogens is 246 g/mol. The summed E-state index contributed by atoms with van der Waals surface area (Å²) in [6.07, 6.45) is 0.899. The van der Waals surface area contributed by atoms with E-state index in [2.05, 4.69) is 0 Å². The lowest BCUT2D eigenvalue weighted by atomic mass is 10.2. The standard InChI is InChI=1S/C14H19NO2S/c1-11(9-16)10-18-13-7-8-15(14(13)17)12-5-3-2-4-6-12/h2-6,11,13,16H,7-10H2,1H3. The fourth-order valence-electron chi connectivity index (χ4n) is 2.01. The average Bonchev–Trinajstić information content (AvgIpc) is 2.78. The van der Waals surface area contributed by atoms with Crippen LogP contribution in [0.5, 0.6) is 0 Å². The highest BCUT2D eigenvalue weighted by atomic mass is 32.2. The predicted octanol–water partition coefficient (Wildman–Crippen LogP) is 2.15. The summed E-state index contributed by atoms with van der Waals surface area (Å²) in [5.74, 6) is 1.31. The van der Waals surface area contributed by atoms with Crippen LogP contribution in [-0.2, 0) is 4.79 Å². The Labute approximate surface area is 112 Å². The molecule has 1 heterocycles. The molecule has 2 unspecified atom stereocenters. The quantitative estimate of drug-likeness (QED) is 0.887. The van der Waals surface area contributed by atoms with Gasteiger partial charge in [0.2, 0.25) is 5.91 Å². The third-order valence-corrected chi connectivity index (χ3v) is 4.72. The highest BCUT2D eigenvalue weighted by Crippen LogP contribution is 2.29. The molecule has 2 atom stereocenters. The van der Waals surface area contributed by atoms with E-state index in [1.807, 2.05) is 42.2 Å². The Morgan fingerprint density at radius 3 is 2.83 bits per heavy atom. The molecule has 0 aromatic heterocycles. The van der Waals surface area contributed by atoms with Crippen molar-refractivity contribution in [2.45, 2.75) is 18.6 Å². The van der Waals surface area contributed by atoms with E-state index in [1.54, 1.807) is 11.8 Å². The van der Waals surface area contributed by atoms with Gasteiger partial charge in [0, 0.05) is 18.8 Å². The van der Waals surface area contributed by atoms with Gasteiger partial charge in [0.1, 0.15) is 0 Å². The zero-order valence-electron chi connectivity index (χ0n) is 10.6. The van der Waals surface area contributed by atoms with Crippen molar-refractivity contribution in [1.82, 2.24) is 0 Å². The topological polar surface area (TPSA) is 40.5 Å². The van der Waals surface area contributed by atoms with Gasteiger partial charge in [-0.25, -0.2) is 0 Å². The monoisotopic (exact) mass is 265 g/mol. The predicted molar refractivity (Wildman–Crippen MR) is 75.9 cm³/mol. The van der Waals surface area contributed by atoms with Gasteiger partial charge in [-0.3, -0.25) is 4.79 Å². The maximum Gasteiger partial charge on any atom is 0.240 e. The molecule has 98 valence electrons. The maximum absolute atomic E-state index is 12.2. The first-order valence-corrected chi connectivity index (χ1v) is 7.36. The number of hydrogen-bond donors (Lipinski definition) is 1. The molecule has 0 saturated carbocycles. The van der Waals surface area contributed by atoms with Crippen LogP contribution in [0.1, 0.15) is 13.3 Å². The van der Waals surface area contributed by atoms with E-state index in [0.29, 0.717) is 0 Å². The summed E-state index contributed by atoms with van der Waals surface area (Å²) in [4.78, 5) is 14.1. The van der Waals surface area contributed by atoms with Gasteiger partial charge in [0.15, 0.2) is 0 Å². The molecule has 1 amide bonds. The lowest BCUT2D eigenvalue weighted by Crippen LogP contribution is -2.28. The van der Waals surface area contributed by atoms with Crippen molar-refractivity contribution < 1.29 is 9.90 Å².